The highest BCUT2D eigenvalue weighted by molar-refractivity contribution is 9.11. The molecule has 1 N–H and O–H groups in total. The van der Waals surface area contributed by atoms with Crippen molar-refractivity contribution in [2.75, 3.05) is 11.9 Å². The molecule has 0 aliphatic heterocycles. The van der Waals surface area contributed by atoms with Crippen molar-refractivity contribution >= 4 is 59.9 Å². The van der Waals surface area contributed by atoms with Gasteiger partial charge in [0.05, 0.1) is 25.5 Å². The van der Waals surface area contributed by atoms with E-state index in [4.69, 9.17) is 4.74 Å². The van der Waals surface area contributed by atoms with E-state index in [0.29, 0.717) is 16.6 Å². The Morgan fingerprint density at radius 2 is 2.19 bits per heavy atom. The Labute approximate surface area is 137 Å². The van der Waals surface area contributed by atoms with E-state index in [0.717, 1.165) is 19.8 Å². The largest absolute Gasteiger partial charge is 0.494 e. The van der Waals surface area contributed by atoms with Crippen LogP contribution in [-0.4, -0.2) is 17.5 Å². The van der Waals surface area contributed by atoms with E-state index in [1.165, 1.54) is 22.7 Å². The lowest BCUT2D eigenvalue weighted by atomic mass is 10.3. The molecule has 1 amide bonds. The minimum absolute atomic E-state index is 0.144. The molecule has 0 aliphatic rings. The van der Waals surface area contributed by atoms with Crippen LogP contribution in [-0.2, 0) is 0 Å². The Kier molecular flexibility index (Phi) is 4.23. The van der Waals surface area contributed by atoms with Crippen LogP contribution in [0.3, 0.4) is 0 Å². The third kappa shape index (κ3) is 3.25. The molecule has 108 valence electrons. The Bertz CT molecular complexity index is 797. The summed E-state index contributed by atoms with van der Waals surface area (Å²) < 4.78 is 7.38. The predicted octanol–water partition coefficient (Wildman–Crippen LogP) is 4.77. The summed E-state index contributed by atoms with van der Waals surface area (Å²) >= 11 is 6.18. The van der Waals surface area contributed by atoms with Gasteiger partial charge in [-0.25, -0.2) is 4.98 Å². The second-order valence-corrected chi connectivity index (χ2v) is 7.63. The molecule has 0 spiro atoms. The van der Waals surface area contributed by atoms with Gasteiger partial charge in [-0.2, -0.15) is 0 Å². The lowest BCUT2D eigenvalue weighted by Crippen LogP contribution is -2.09. The van der Waals surface area contributed by atoms with Crippen molar-refractivity contribution in [2.45, 2.75) is 6.92 Å². The first-order chi connectivity index (χ1) is 10.2. The SMILES string of the molecule is CCOc1ccc2nc(NC(=O)c3ccc(Br)s3)sc2c1. The standard InChI is InChI=1S/C14H11BrN2O2S2/c1-2-19-8-3-4-9-11(7-8)21-14(16-9)17-13(18)10-5-6-12(15)20-10/h3-7H,2H2,1H3,(H,16,17,18). The van der Waals surface area contributed by atoms with Crippen LogP contribution in [0.5, 0.6) is 5.75 Å². The smallest absolute Gasteiger partial charge is 0.267 e. The minimum atomic E-state index is -0.144. The van der Waals surface area contributed by atoms with E-state index in [1.807, 2.05) is 31.2 Å². The number of fused-ring (bicyclic) bond motifs is 1. The predicted molar refractivity (Wildman–Crippen MR) is 90.8 cm³/mol. The first-order valence-electron chi connectivity index (χ1n) is 6.26. The maximum absolute atomic E-state index is 12.1. The number of anilines is 1. The van der Waals surface area contributed by atoms with Crippen LogP contribution in [0, 0.1) is 0 Å². The van der Waals surface area contributed by atoms with Gasteiger partial charge in [0.2, 0.25) is 0 Å². The van der Waals surface area contributed by atoms with Crippen LogP contribution in [0.25, 0.3) is 10.2 Å². The minimum Gasteiger partial charge on any atom is -0.494 e. The molecule has 3 aromatic rings. The maximum atomic E-state index is 12.1. The summed E-state index contributed by atoms with van der Waals surface area (Å²) in [7, 11) is 0. The van der Waals surface area contributed by atoms with Crippen LogP contribution in [0.4, 0.5) is 5.13 Å². The summed E-state index contributed by atoms with van der Waals surface area (Å²) in [5.74, 6) is 0.670. The zero-order chi connectivity index (χ0) is 14.8. The molecule has 0 fully saturated rings. The molecule has 0 atom stereocenters. The number of benzene rings is 1. The summed E-state index contributed by atoms with van der Waals surface area (Å²) in [5, 5.41) is 3.42. The fourth-order valence-corrected chi connectivity index (χ4v) is 3.98. The fourth-order valence-electron chi connectivity index (χ4n) is 1.81. The number of thiophene rings is 1. The van der Waals surface area contributed by atoms with Crippen molar-refractivity contribution in [2.24, 2.45) is 0 Å². The van der Waals surface area contributed by atoms with Crippen LogP contribution < -0.4 is 10.1 Å². The number of rotatable bonds is 4. The molecular weight excluding hydrogens is 372 g/mol. The first kappa shape index (κ1) is 14.5. The number of ether oxygens (including phenoxy) is 1. The monoisotopic (exact) mass is 382 g/mol. The van der Waals surface area contributed by atoms with Crippen LogP contribution >= 0.6 is 38.6 Å². The Morgan fingerprint density at radius 1 is 1.33 bits per heavy atom. The third-order valence-corrected chi connectivity index (χ3v) is 5.24. The van der Waals surface area contributed by atoms with Gasteiger partial charge < -0.3 is 4.74 Å². The number of hydrogen-bond acceptors (Lipinski definition) is 5. The number of hydrogen-bond donors (Lipinski definition) is 1. The number of carbonyl (C=O) groups excluding carboxylic acids is 1. The highest BCUT2D eigenvalue weighted by Gasteiger charge is 2.12. The molecule has 4 nitrogen and oxygen atoms in total. The zero-order valence-corrected chi connectivity index (χ0v) is 14.3. The third-order valence-electron chi connectivity index (χ3n) is 2.69. The van der Waals surface area contributed by atoms with Gasteiger partial charge in [-0.1, -0.05) is 11.3 Å². The van der Waals surface area contributed by atoms with Crippen molar-refractivity contribution in [1.29, 1.82) is 0 Å². The van der Waals surface area contributed by atoms with E-state index >= 15 is 0 Å². The summed E-state index contributed by atoms with van der Waals surface area (Å²) in [6.45, 7) is 2.57. The number of nitrogens with zero attached hydrogens (tertiary/aromatic N) is 1. The van der Waals surface area contributed by atoms with E-state index in [-0.39, 0.29) is 5.91 Å². The van der Waals surface area contributed by atoms with E-state index in [1.54, 1.807) is 6.07 Å². The molecule has 0 bridgehead atoms. The summed E-state index contributed by atoms with van der Waals surface area (Å²) in [4.78, 5) is 17.2. The van der Waals surface area contributed by atoms with Gasteiger partial charge in [-0.05, 0) is 53.2 Å². The number of halogens is 1. The molecule has 3 rings (SSSR count). The van der Waals surface area contributed by atoms with E-state index < -0.39 is 0 Å². The quantitative estimate of drug-likeness (QED) is 0.706. The molecule has 2 aromatic heterocycles. The van der Waals surface area contributed by atoms with Crippen LogP contribution in [0.2, 0.25) is 0 Å². The molecule has 7 heteroatoms. The number of aromatic nitrogens is 1. The summed E-state index contributed by atoms with van der Waals surface area (Å²) in [6, 6.07) is 9.35. The number of thiazole rings is 1. The highest BCUT2D eigenvalue weighted by atomic mass is 79.9. The average Bonchev–Trinajstić information content (AvgIpc) is 3.04. The van der Waals surface area contributed by atoms with Gasteiger partial charge in [0.1, 0.15) is 5.75 Å². The number of amides is 1. The normalized spacial score (nSPS) is 10.8. The lowest BCUT2D eigenvalue weighted by molar-refractivity contribution is 0.103. The van der Waals surface area contributed by atoms with Crippen molar-refractivity contribution in [1.82, 2.24) is 4.98 Å². The van der Waals surface area contributed by atoms with Gasteiger partial charge in [0, 0.05) is 0 Å². The summed E-state index contributed by atoms with van der Waals surface area (Å²) in [6.07, 6.45) is 0. The van der Waals surface area contributed by atoms with Gasteiger partial charge in [-0.15, -0.1) is 11.3 Å². The van der Waals surface area contributed by atoms with Crippen LogP contribution in [0.15, 0.2) is 34.1 Å². The van der Waals surface area contributed by atoms with Crippen molar-refractivity contribution in [3.05, 3.63) is 39.0 Å². The van der Waals surface area contributed by atoms with Crippen molar-refractivity contribution in [3.8, 4) is 5.75 Å². The Morgan fingerprint density at radius 3 is 2.90 bits per heavy atom. The highest BCUT2D eigenvalue weighted by Crippen LogP contribution is 2.30. The Balaban J connectivity index is 1.82. The van der Waals surface area contributed by atoms with Gasteiger partial charge in [-0.3, -0.25) is 10.1 Å². The molecule has 0 saturated carbocycles. The topological polar surface area (TPSA) is 51.2 Å². The van der Waals surface area contributed by atoms with E-state index in [2.05, 4.69) is 26.2 Å². The van der Waals surface area contributed by atoms with E-state index in [9.17, 15) is 4.79 Å². The lowest BCUT2D eigenvalue weighted by Gasteiger charge is -2.00. The number of carbonyl (C=O) groups is 1. The van der Waals surface area contributed by atoms with Gasteiger partial charge >= 0.3 is 0 Å². The fraction of sp³-hybridized carbons (Fsp3) is 0.143. The second-order valence-electron chi connectivity index (χ2n) is 4.14. The second kappa shape index (κ2) is 6.13. The molecule has 0 aliphatic carbocycles. The first-order valence-corrected chi connectivity index (χ1v) is 8.68. The van der Waals surface area contributed by atoms with Crippen LogP contribution in [0.1, 0.15) is 16.6 Å². The zero-order valence-electron chi connectivity index (χ0n) is 11.1. The van der Waals surface area contributed by atoms with Crippen molar-refractivity contribution in [3.63, 3.8) is 0 Å². The molecule has 21 heavy (non-hydrogen) atoms. The van der Waals surface area contributed by atoms with Gasteiger partial charge in [0.25, 0.3) is 5.91 Å². The number of nitrogens with one attached hydrogen (secondary N) is 1. The Hall–Kier alpha value is -1.44. The van der Waals surface area contributed by atoms with Gasteiger partial charge in [0.15, 0.2) is 5.13 Å². The molecular formula is C14H11BrN2O2S2. The molecule has 0 saturated heterocycles. The molecule has 0 unspecified atom stereocenters. The molecule has 0 radical (unpaired) electrons. The maximum Gasteiger partial charge on any atom is 0.267 e. The average molecular weight is 383 g/mol. The molecule has 2 heterocycles. The van der Waals surface area contributed by atoms with Crippen molar-refractivity contribution < 1.29 is 9.53 Å². The summed E-state index contributed by atoms with van der Waals surface area (Å²) in [5.41, 5.74) is 0.853. The molecule has 1 aromatic carbocycles.